The summed E-state index contributed by atoms with van der Waals surface area (Å²) in [6.45, 7) is 2.74. The molecule has 3 N–H and O–H groups in total. The van der Waals surface area contributed by atoms with Crippen LogP contribution in [0.15, 0.2) is 30.3 Å². The Morgan fingerprint density at radius 1 is 1.37 bits per heavy atom. The number of carbonyl (C=O) groups excluding carboxylic acids is 1. The standard InChI is InChI=1S/C16H24N2O/c1-12(11-17)7-10-15(19)18-16(14-8-9-14)13-5-3-2-4-6-13/h2-6,12,14,16H,7-11,17H2,1H3,(H,18,19). The fourth-order valence-corrected chi connectivity index (χ4v) is 2.30. The largest absolute Gasteiger partial charge is 0.349 e. The molecule has 3 heteroatoms. The molecule has 0 aromatic heterocycles. The molecule has 2 rings (SSSR count). The van der Waals surface area contributed by atoms with Crippen LogP contribution in [-0.4, -0.2) is 12.5 Å². The van der Waals surface area contributed by atoms with Crippen LogP contribution in [0.4, 0.5) is 0 Å². The Morgan fingerprint density at radius 2 is 2.05 bits per heavy atom. The minimum atomic E-state index is 0.154. The second-order valence-corrected chi connectivity index (χ2v) is 5.67. The topological polar surface area (TPSA) is 55.1 Å². The molecule has 1 aromatic rings. The van der Waals surface area contributed by atoms with Gasteiger partial charge in [0.15, 0.2) is 0 Å². The van der Waals surface area contributed by atoms with Crippen LogP contribution >= 0.6 is 0 Å². The summed E-state index contributed by atoms with van der Waals surface area (Å²) in [6, 6.07) is 10.5. The van der Waals surface area contributed by atoms with Gasteiger partial charge in [-0.15, -0.1) is 0 Å². The van der Waals surface area contributed by atoms with Crippen molar-refractivity contribution in [2.24, 2.45) is 17.6 Å². The summed E-state index contributed by atoms with van der Waals surface area (Å²) < 4.78 is 0. The molecule has 1 aliphatic carbocycles. The third kappa shape index (κ3) is 4.35. The first-order chi connectivity index (χ1) is 9.20. The molecule has 1 aliphatic rings. The quantitative estimate of drug-likeness (QED) is 0.792. The number of benzene rings is 1. The van der Waals surface area contributed by atoms with E-state index >= 15 is 0 Å². The number of hydrogen-bond acceptors (Lipinski definition) is 2. The Labute approximate surface area is 115 Å². The summed E-state index contributed by atoms with van der Waals surface area (Å²) in [7, 11) is 0. The molecule has 0 heterocycles. The van der Waals surface area contributed by atoms with Crippen molar-refractivity contribution in [1.82, 2.24) is 5.32 Å². The van der Waals surface area contributed by atoms with Crippen LogP contribution in [0.5, 0.6) is 0 Å². The summed E-state index contributed by atoms with van der Waals surface area (Å²) >= 11 is 0. The lowest BCUT2D eigenvalue weighted by molar-refractivity contribution is -0.122. The Kier molecular flexibility index (Phi) is 4.97. The van der Waals surface area contributed by atoms with E-state index in [-0.39, 0.29) is 11.9 Å². The molecule has 1 amide bonds. The van der Waals surface area contributed by atoms with Crippen molar-refractivity contribution in [2.45, 2.75) is 38.6 Å². The van der Waals surface area contributed by atoms with Crippen LogP contribution in [-0.2, 0) is 4.79 Å². The van der Waals surface area contributed by atoms with Gasteiger partial charge in [0.1, 0.15) is 0 Å². The van der Waals surface area contributed by atoms with E-state index in [9.17, 15) is 4.79 Å². The SMILES string of the molecule is CC(CN)CCC(=O)NC(c1ccccc1)C1CC1. The lowest BCUT2D eigenvalue weighted by atomic mass is 10.0. The molecule has 0 spiro atoms. The Bertz CT molecular complexity index is 400. The van der Waals surface area contributed by atoms with Gasteiger partial charge in [-0.3, -0.25) is 4.79 Å². The van der Waals surface area contributed by atoms with E-state index < -0.39 is 0 Å². The molecular formula is C16H24N2O. The summed E-state index contributed by atoms with van der Waals surface area (Å²) in [5.41, 5.74) is 6.80. The zero-order chi connectivity index (χ0) is 13.7. The first-order valence-corrected chi connectivity index (χ1v) is 7.25. The molecule has 0 radical (unpaired) electrons. The van der Waals surface area contributed by atoms with Crippen LogP contribution in [0.2, 0.25) is 0 Å². The van der Waals surface area contributed by atoms with Gasteiger partial charge in [0.25, 0.3) is 0 Å². The molecule has 1 saturated carbocycles. The summed E-state index contributed by atoms with van der Waals surface area (Å²) in [5.74, 6) is 1.20. The van der Waals surface area contributed by atoms with Gasteiger partial charge in [-0.05, 0) is 43.2 Å². The lowest BCUT2D eigenvalue weighted by Gasteiger charge is -2.19. The number of carbonyl (C=O) groups is 1. The van der Waals surface area contributed by atoms with Crippen molar-refractivity contribution in [2.75, 3.05) is 6.54 Å². The van der Waals surface area contributed by atoms with Gasteiger partial charge in [0.05, 0.1) is 6.04 Å². The molecule has 1 fully saturated rings. The van der Waals surface area contributed by atoms with Crippen molar-refractivity contribution >= 4 is 5.91 Å². The van der Waals surface area contributed by atoms with Crippen molar-refractivity contribution in [3.05, 3.63) is 35.9 Å². The van der Waals surface area contributed by atoms with E-state index in [1.54, 1.807) is 0 Å². The van der Waals surface area contributed by atoms with Crippen LogP contribution in [0.3, 0.4) is 0 Å². The van der Waals surface area contributed by atoms with E-state index in [0.29, 0.717) is 24.8 Å². The maximum absolute atomic E-state index is 12.0. The number of nitrogens with two attached hydrogens (primary N) is 1. The number of nitrogens with one attached hydrogen (secondary N) is 1. The average molecular weight is 260 g/mol. The van der Waals surface area contributed by atoms with E-state index in [2.05, 4.69) is 24.4 Å². The number of hydrogen-bond donors (Lipinski definition) is 2. The highest BCUT2D eigenvalue weighted by molar-refractivity contribution is 5.76. The predicted octanol–water partition coefficient (Wildman–Crippen LogP) is 2.63. The zero-order valence-corrected chi connectivity index (χ0v) is 11.6. The molecule has 1 aromatic carbocycles. The van der Waals surface area contributed by atoms with Crippen LogP contribution in [0, 0.1) is 11.8 Å². The molecule has 0 saturated heterocycles. The highest BCUT2D eigenvalue weighted by atomic mass is 16.1. The molecular weight excluding hydrogens is 236 g/mol. The highest BCUT2D eigenvalue weighted by Gasteiger charge is 2.33. The fraction of sp³-hybridized carbons (Fsp3) is 0.562. The third-order valence-electron chi connectivity index (χ3n) is 3.84. The molecule has 3 nitrogen and oxygen atoms in total. The molecule has 2 unspecified atom stereocenters. The average Bonchev–Trinajstić information content (AvgIpc) is 3.27. The van der Waals surface area contributed by atoms with Crippen LogP contribution < -0.4 is 11.1 Å². The molecule has 0 aliphatic heterocycles. The molecule has 104 valence electrons. The van der Waals surface area contributed by atoms with Crippen molar-refractivity contribution in [3.63, 3.8) is 0 Å². The van der Waals surface area contributed by atoms with Crippen LogP contribution in [0.1, 0.15) is 44.2 Å². The van der Waals surface area contributed by atoms with Crippen molar-refractivity contribution in [3.8, 4) is 0 Å². The summed E-state index contributed by atoms with van der Waals surface area (Å²) in [4.78, 5) is 12.0. The monoisotopic (exact) mass is 260 g/mol. The van der Waals surface area contributed by atoms with Crippen molar-refractivity contribution in [1.29, 1.82) is 0 Å². The Hall–Kier alpha value is -1.35. The minimum absolute atomic E-state index is 0.154. The van der Waals surface area contributed by atoms with Gasteiger partial charge in [0.2, 0.25) is 5.91 Å². The third-order valence-corrected chi connectivity index (χ3v) is 3.84. The van der Waals surface area contributed by atoms with Crippen molar-refractivity contribution < 1.29 is 4.79 Å². The second-order valence-electron chi connectivity index (χ2n) is 5.67. The summed E-state index contributed by atoms with van der Waals surface area (Å²) in [6.07, 6.45) is 3.89. The smallest absolute Gasteiger partial charge is 0.220 e. The van der Waals surface area contributed by atoms with E-state index in [1.165, 1.54) is 18.4 Å². The predicted molar refractivity (Wildman–Crippen MR) is 77.5 cm³/mol. The fourth-order valence-electron chi connectivity index (χ4n) is 2.30. The van der Waals surface area contributed by atoms with Gasteiger partial charge >= 0.3 is 0 Å². The van der Waals surface area contributed by atoms with Gasteiger partial charge < -0.3 is 11.1 Å². The van der Waals surface area contributed by atoms with Crippen LogP contribution in [0.25, 0.3) is 0 Å². The van der Waals surface area contributed by atoms with E-state index in [0.717, 1.165) is 6.42 Å². The first-order valence-electron chi connectivity index (χ1n) is 7.25. The Morgan fingerprint density at radius 3 is 2.63 bits per heavy atom. The number of rotatable bonds is 7. The van der Waals surface area contributed by atoms with E-state index in [4.69, 9.17) is 5.73 Å². The van der Waals surface area contributed by atoms with Gasteiger partial charge in [-0.2, -0.15) is 0 Å². The zero-order valence-electron chi connectivity index (χ0n) is 11.6. The van der Waals surface area contributed by atoms with Gasteiger partial charge in [-0.1, -0.05) is 37.3 Å². The van der Waals surface area contributed by atoms with Gasteiger partial charge in [-0.25, -0.2) is 0 Å². The van der Waals surface area contributed by atoms with E-state index in [1.807, 2.05) is 18.2 Å². The normalized spacial score (nSPS) is 17.8. The molecule has 19 heavy (non-hydrogen) atoms. The maximum atomic E-state index is 12.0. The molecule has 2 atom stereocenters. The lowest BCUT2D eigenvalue weighted by Crippen LogP contribution is -2.30. The maximum Gasteiger partial charge on any atom is 0.220 e. The van der Waals surface area contributed by atoms with Gasteiger partial charge in [0, 0.05) is 6.42 Å². The Balaban J connectivity index is 1.89. The minimum Gasteiger partial charge on any atom is -0.349 e. The summed E-state index contributed by atoms with van der Waals surface area (Å²) in [5, 5.41) is 3.19. The highest BCUT2D eigenvalue weighted by Crippen LogP contribution is 2.40. The molecule has 0 bridgehead atoms. The number of amides is 1. The first kappa shape index (κ1) is 14.1. The second kappa shape index (κ2) is 6.71.